The van der Waals surface area contributed by atoms with Crippen LogP contribution in [0.4, 0.5) is 0 Å². The maximum atomic E-state index is 11.8. The third-order valence-corrected chi connectivity index (χ3v) is 9.70. The average molecular weight is 350 g/mol. The topological polar surface area (TPSA) is 82.0 Å². The van der Waals surface area contributed by atoms with E-state index in [0.29, 0.717) is 17.8 Å². The van der Waals surface area contributed by atoms with Gasteiger partial charge in [-0.1, -0.05) is 20.8 Å². The van der Waals surface area contributed by atoms with Gasteiger partial charge in [-0.25, -0.2) is 9.97 Å². The molecule has 1 saturated heterocycles. The lowest BCUT2D eigenvalue weighted by Gasteiger charge is -2.36. The molecular formula is C16H26N4O3Si. The maximum absolute atomic E-state index is 11.8. The lowest BCUT2D eigenvalue weighted by Crippen LogP contribution is -2.42. The average Bonchev–Trinajstić information content (AvgIpc) is 3.10. The molecule has 1 aliphatic heterocycles. The lowest BCUT2D eigenvalue weighted by molar-refractivity contribution is -0.0182. The van der Waals surface area contributed by atoms with E-state index in [2.05, 4.69) is 48.8 Å². The molecule has 3 heterocycles. The minimum Gasteiger partial charge on any atom is -0.414 e. The van der Waals surface area contributed by atoms with Crippen molar-refractivity contribution in [2.24, 2.45) is 0 Å². The number of aromatic nitrogens is 4. The van der Waals surface area contributed by atoms with E-state index in [4.69, 9.17) is 9.16 Å². The highest BCUT2D eigenvalue weighted by Crippen LogP contribution is 2.37. The van der Waals surface area contributed by atoms with Crippen LogP contribution in [-0.4, -0.2) is 40.5 Å². The Balaban J connectivity index is 1.67. The van der Waals surface area contributed by atoms with Crippen LogP contribution in [0.25, 0.3) is 11.2 Å². The van der Waals surface area contributed by atoms with Gasteiger partial charge >= 0.3 is 0 Å². The maximum Gasteiger partial charge on any atom is 0.278 e. The van der Waals surface area contributed by atoms with E-state index in [1.54, 1.807) is 6.33 Å². The first-order valence-electron chi connectivity index (χ1n) is 8.39. The summed E-state index contributed by atoms with van der Waals surface area (Å²) in [6.45, 7) is 11.8. The smallest absolute Gasteiger partial charge is 0.278 e. The van der Waals surface area contributed by atoms with Crippen LogP contribution in [0.2, 0.25) is 18.1 Å². The number of hydrogen-bond donors (Lipinski definition) is 1. The summed E-state index contributed by atoms with van der Waals surface area (Å²) in [5.41, 5.74) is 0.686. The number of nitrogens with zero attached hydrogens (tertiary/aromatic N) is 3. The van der Waals surface area contributed by atoms with Gasteiger partial charge in [-0.15, -0.1) is 0 Å². The first-order valence-corrected chi connectivity index (χ1v) is 11.3. The Bertz CT molecular complexity index is 777. The van der Waals surface area contributed by atoms with E-state index >= 15 is 0 Å². The van der Waals surface area contributed by atoms with Crippen LogP contribution in [0.1, 0.15) is 39.8 Å². The number of rotatable bonds is 4. The first kappa shape index (κ1) is 17.3. The summed E-state index contributed by atoms with van der Waals surface area (Å²) < 4.78 is 14.2. The minimum atomic E-state index is -1.77. The molecule has 0 radical (unpaired) electrons. The van der Waals surface area contributed by atoms with Crippen molar-refractivity contribution in [2.75, 3.05) is 6.61 Å². The van der Waals surface area contributed by atoms with Crippen LogP contribution >= 0.6 is 0 Å². The highest BCUT2D eigenvalue weighted by molar-refractivity contribution is 6.74. The van der Waals surface area contributed by atoms with Gasteiger partial charge in [-0.05, 0) is 31.0 Å². The van der Waals surface area contributed by atoms with Crippen molar-refractivity contribution >= 4 is 19.5 Å². The zero-order valence-corrected chi connectivity index (χ0v) is 16.0. The number of aromatic amines is 1. The molecule has 1 fully saturated rings. The molecule has 0 amide bonds. The van der Waals surface area contributed by atoms with Crippen LogP contribution in [0.15, 0.2) is 17.4 Å². The van der Waals surface area contributed by atoms with Crippen LogP contribution in [0.5, 0.6) is 0 Å². The predicted molar refractivity (Wildman–Crippen MR) is 94.4 cm³/mol. The van der Waals surface area contributed by atoms with Gasteiger partial charge in [-0.2, -0.15) is 0 Å². The second kappa shape index (κ2) is 6.09. The Morgan fingerprint density at radius 1 is 1.38 bits per heavy atom. The third kappa shape index (κ3) is 3.18. The van der Waals surface area contributed by atoms with Gasteiger partial charge in [0.1, 0.15) is 6.23 Å². The van der Waals surface area contributed by atoms with Crippen molar-refractivity contribution in [3.63, 3.8) is 0 Å². The molecule has 2 aromatic heterocycles. The van der Waals surface area contributed by atoms with Crippen molar-refractivity contribution in [3.05, 3.63) is 23.0 Å². The minimum absolute atomic E-state index is 0.0728. The fourth-order valence-electron chi connectivity index (χ4n) is 2.61. The monoisotopic (exact) mass is 350 g/mol. The van der Waals surface area contributed by atoms with E-state index in [0.717, 1.165) is 12.8 Å². The molecular weight excluding hydrogens is 324 g/mol. The van der Waals surface area contributed by atoms with Gasteiger partial charge in [0.15, 0.2) is 19.5 Å². The summed E-state index contributed by atoms with van der Waals surface area (Å²) in [5.74, 6) is 0. The molecule has 1 N–H and O–H groups in total. The Morgan fingerprint density at radius 3 is 2.83 bits per heavy atom. The SMILES string of the molecule is CC(C)(C)[Si](C)(C)OCC1CCC(n2cnc3c(=O)[nH]cnc32)O1. The summed E-state index contributed by atoms with van der Waals surface area (Å²) in [4.78, 5) is 22.7. The Morgan fingerprint density at radius 2 is 2.12 bits per heavy atom. The van der Waals surface area contributed by atoms with E-state index < -0.39 is 8.32 Å². The third-order valence-electron chi connectivity index (χ3n) is 5.20. The molecule has 0 aromatic carbocycles. The molecule has 2 atom stereocenters. The summed E-state index contributed by atoms with van der Waals surface area (Å²) in [6, 6.07) is 0. The standard InChI is InChI=1S/C16H26N4O3Si/c1-16(2,3)24(4,5)22-8-11-6-7-12(23-11)20-10-19-13-14(20)17-9-18-15(13)21/h9-12H,6-8H2,1-5H3,(H,17,18,21). The molecule has 2 aromatic rings. The molecule has 7 nitrogen and oxygen atoms in total. The Kier molecular flexibility index (Phi) is 4.39. The van der Waals surface area contributed by atoms with Gasteiger partial charge in [0, 0.05) is 0 Å². The van der Waals surface area contributed by atoms with Crippen molar-refractivity contribution in [2.45, 2.75) is 64.1 Å². The molecule has 1 aliphatic rings. The van der Waals surface area contributed by atoms with Crippen LogP contribution in [-0.2, 0) is 9.16 Å². The van der Waals surface area contributed by atoms with Gasteiger partial charge < -0.3 is 14.1 Å². The molecule has 8 heteroatoms. The second-order valence-corrected chi connectivity index (χ2v) is 12.7. The van der Waals surface area contributed by atoms with Gasteiger partial charge in [-0.3, -0.25) is 9.36 Å². The summed E-state index contributed by atoms with van der Waals surface area (Å²) in [5, 5.41) is 0.191. The van der Waals surface area contributed by atoms with Crippen molar-refractivity contribution in [1.29, 1.82) is 0 Å². The zero-order valence-electron chi connectivity index (χ0n) is 15.0. The predicted octanol–water partition coefficient (Wildman–Crippen LogP) is 2.82. The number of nitrogens with one attached hydrogen (secondary N) is 1. The fourth-order valence-corrected chi connectivity index (χ4v) is 3.64. The Labute approximate surface area is 142 Å². The van der Waals surface area contributed by atoms with Crippen LogP contribution in [0, 0.1) is 0 Å². The van der Waals surface area contributed by atoms with Crippen molar-refractivity contribution in [1.82, 2.24) is 19.5 Å². The van der Waals surface area contributed by atoms with E-state index in [1.165, 1.54) is 6.33 Å². The number of hydrogen-bond acceptors (Lipinski definition) is 5. The van der Waals surface area contributed by atoms with E-state index in [1.807, 2.05) is 4.57 Å². The fraction of sp³-hybridized carbons (Fsp3) is 0.688. The molecule has 0 aliphatic carbocycles. The quantitative estimate of drug-likeness (QED) is 0.858. The lowest BCUT2D eigenvalue weighted by atomic mass is 10.2. The number of H-pyrrole nitrogens is 1. The molecule has 0 spiro atoms. The highest BCUT2D eigenvalue weighted by atomic mass is 28.4. The number of fused-ring (bicyclic) bond motifs is 1. The summed E-state index contributed by atoms with van der Waals surface area (Å²) >= 11 is 0. The van der Waals surface area contributed by atoms with Crippen molar-refractivity contribution < 1.29 is 9.16 Å². The summed E-state index contributed by atoms with van der Waals surface area (Å²) in [7, 11) is -1.77. The normalized spacial score (nSPS) is 22.4. The van der Waals surface area contributed by atoms with E-state index in [-0.39, 0.29) is 22.9 Å². The Hall–Kier alpha value is -1.51. The van der Waals surface area contributed by atoms with Gasteiger partial charge in [0.25, 0.3) is 5.56 Å². The number of imidazole rings is 1. The van der Waals surface area contributed by atoms with E-state index in [9.17, 15) is 4.79 Å². The molecule has 2 unspecified atom stereocenters. The highest BCUT2D eigenvalue weighted by Gasteiger charge is 2.38. The van der Waals surface area contributed by atoms with Crippen LogP contribution < -0.4 is 5.56 Å². The zero-order chi connectivity index (χ0) is 17.5. The van der Waals surface area contributed by atoms with Crippen molar-refractivity contribution in [3.8, 4) is 0 Å². The number of ether oxygens (including phenoxy) is 1. The molecule has 132 valence electrons. The van der Waals surface area contributed by atoms with Crippen LogP contribution in [0.3, 0.4) is 0 Å². The largest absolute Gasteiger partial charge is 0.414 e. The molecule has 24 heavy (non-hydrogen) atoms. The molecule has 0 saturated carbocycles. The first-order chi connectivity index (χ1) is 11.2. The molecule has 3 rings (SSSR count). The summed E-state index contributed by atoms with van der Waals surface area (Å²) in [6.07, 6.45) is 4.76. The van der Waals surface area contributed by atoms with Gasteiger partial charge in [0.05, 0.1) is 25.4 Å². The second-order valence-electron chi connectivity index (χ2n) is 7.92. The molecule has 0 bridgehead atoms. The van der Waals surface area contributed by atoms with Gasteiger partial charge in [0.2, 0.25) is 0 Å².